The van der Waals surface area contributed by atoms with Gasteiger partial charge >= 0.3 is 11.9 Å². The summed E-state index contributed by atoms with van der Waals surface area (Å²) in [7, 11) is 0. The minimum atomic E-state index is -0.884. The van der Waals surface area contributed by atoms with Crippen LogP contribution in [-0.2, 0) is 16.0 Å². The standard InChI is InChI=1S/C14H14N2O4S2/c1-3-20-13(19)9-5-4-6-11(16-9)22-14-15-8(2)10(21-14)7-12(17)18/h4-6H,3,7H2,1-2H3,(H,17,18). The largest absolute Gasteiger partial charge is 0.481 e. The molecule has 0 aromatic carbocycles. The molecule has 0 radical (unpaired) electrons. The third-order valence-corrected chi connectivity index (χ3v) is 4.74. The number of carbonyl (C=O) groups is 2. The molecule has 1 N–H and O–H groups in total. The number of aromatic nitrogens is 2. The van der Waals surface area contributed by atoms with Gasteiger partial charge in [0.25, 0.3) is 0 Å². The Balaban J connectivity index is 2.15. The first-order valence-electron chi connectivity index (χ1n) is 6.49. The van der Waals surface area contributed by atoms with Crippen molar-refractivity contribution in [1.29, 1.82) is 0 Å². The summed E-state index contributed by atoms with van der Waals surface area (Å²) in [6, 6.07) is 5.08. The molecule has 2 aromatic rings. The van der Waals surface area contributed by atoms with Crippen molar-refractivity contribution in [1.82, 2.24) is 9.97 Å². The SMILES string of the molecule is CCOC(=O)c1cccc(Sc2nc(C)c(CC(=O)O)s2)n1. The van der Waals surface area contributed by atoms with E-state index in [9.17, 15) is 9.59 Å². The van der Waals surface area contributed by atoms with Crippen LogP contribution in [0.2, 0.25) is 0 Å². The van der Waals surface area contributed by atoms with E-state index in [0.717, 1.165) is 4.88 Å². The molecule has 2 heterocycles. The van der Waals surface area contributed by atoms with Gasteiger partial charge in [-0.1, -0.05) is 6.07 Å². The van der Waals surface area contributed by atoms with Gasteiger partial charge in [-0.2, -0.15) is 0 Å². The summed E-state index contributed by atoms with van der Waals surface area (Å²) in [6.45, 7) is 3.81. The van der Waals surface area contributed by atoms with Gasteiger partial charge in [-0.15, -0.1) is 11.3 Å². The van der Waals surface area contributed by atoms with Crippen LogP contribution in [0.5, 0.6) is 0 Å². The van der Waals surface area contributed by atoms with E-state index in [1.54, 1.807) is 32.0 Å². The number of carbonyl (C=O) groups excluding carboxylic acids is 1. The topological polar surface area (TPSA) is 89.4 Å². The Bertz CT molecular complexity index is 700. The van der Waals surface area contributed by atoms with Crippen molar-refractivity contribution in [3.63, 3.8) is 0 Å². The maximum Gasteiger partial charge on any atom is 0.356 e. The summed E-state index contributed by atoms with van der Waals surface area (Å²) in [4.78, 5) is 31.7. The Morgan fingerprint density at radius 3 is 2.82 bits per heavy atom. The van der Waals surface area contributed by atoms with Gasteiger partial charge in [0.2, 0.25) is 0 Å². The van der Waals surface area contributed by atoms with Gasteiger partial charge in [0.15, 0.2) is 4.34 Å². The summed E-state index contributed by atoms with van der Waals surface area (Å²) in [5, 5.41) is 9.46. The third kappa shape index (κ3) is 4.28. The average Bonchev–Trinajstić information content (AvgIpc) is 2.78. The Morgan fingerprint density at radius 1 is 1.36 bits per heavy atom. The number of ether oxygens (including phenoxy) is 1. The Kier molecular flexibility index (Phi) is 5.51. The second-order valence-corrected chi connectivity index (χ2v) is 6.59. The lowest BCUT2D eigenvalue weighted by atomic mass is 10.3. The van der Waals surface area contributed by atoms with Gasteiger partial charge < -0.3 is 9.84 Å². The summed E-state index contributed by atoms with van der Waals surface area (Å²) in [5.41, 5.74) is 0.947. The maximum atomic E-state index is 11.7. The van der Waals surface area contributed by atoms with Crippen LogP contribution in [0.4, 0.5) is 0 Å². The van der Waals surface area contributed by atoms with Crippen LogP contribution >= 0.6 is 23.1 Å². The second kappa shape index (κ2) is 7.37. The normalized spacial score (nSPS) is 10.5. The number of rotatable bonds is 6. The predicted molar refractivity (Wildman–Crippen MR) is 82.5 cm³/mol. The highest BCUT2D eigenvalue weighted by atomic mass is 32.2. The molecule has 0 unspecified atom stereocenters. The molecular formula is C14H14N2O4S2. The number of carboxylic acids is 1. The van der Waals surface area contributed by atoms with E-state index < -0.39 is 11.9 Å². The molecule has 0 aliphatic rings. The molecule has 0 aliphatic carbocycles. The van der Waals surface area contributed by atoms with Crippen molar-refractivity contribution in [2.75, 3.05) is 6.61 Å². The molecule has 0 aliphatic heterocycles. The molecule has 2 aromatic heterocycles. The highest BCUT2D eigenvalue weighted by Crippen LogP contribution is 2.32. The van der Waals surface area contributed by atoms with Crippen LogP contribution in [-0.4, -0.2) is 33.6 Å². The summed E-state index contributed by atoms with van der Waals surface area (Å²) in [5.74, 6) is -1.35. The molecule has 0 saturated carbocycles. The second-order valence-electron chi connectivity index (χ2n) is 4.24. The molecule has 22 heavy (non-hydrogen) atoms. The minimum absolute atomic E-state index is 0.0413. The number of thiazole rings is 1. The fourth-order valence-corrected chi connectivity index (χ4v) is 3.79. The zero-order valence-corrected chi connectivity index (χ0v) is 13.7. The lowest BCUT2D eigenvalue weighted by Crippen LogP contribution is -2.06. The van der Waals surface area contributed by atoms with E-state index in [2.05, 4.69) is 9.97 Å². The van der Waals surface area contributed by atoms with Gasteiger partial charge in [0.05, 0.1) is 18.7 Å². The highest BCUT2D eigenvalue weighted by Gasteiger charge is 2.14. The third-order valence-electron chi connectivity index (χ3n) is 2.58. The van der Waals surface area contributed by atoms with E-state index in [4.69, 9.17) is 9.84 Å². The summed E-state index contributed by atoms with van der Waals surface area (Å²) >= 11 is 2.62. The Labute approximate surface area is 135 Å². The monoisotopic (exact) mass is 338 g/mol. The lowest BCUT2D eigenvalue weighted by Gasteiger charge is -2.02. The van der Waals surface area contributed by atoms with Gasteiger partial charge in [-0.3, -0.25) is 4.79 Å². The van der Waals surface area contributed by atoms with Crippen molar-refractivity contribution >= 4 is 35.0 Å². The van der Waals surface area contributed by atoms with Crippen molar-refractivity contribution < 1.29 is 19.4 Å². The number of pyridine rings is 1. The first-order chi connectivity index (χ1) is 10.5. The molecule has 2 rings (SSSR count). The fraction of sp³-hybridized carbons (Fsp3) is 0.286. The van der Waals surface area contributed by atoms with Crippen LogP contribution in [0.1, 0.15) is 28.0 Å². The van der Waals surface area contributed by atoms with Crippen molar-refractivity contribution in [2.45, 2.75) is 29.6 Å². The minimum Gasteiger partial charge on any atom is -0.481 e. The van der Waals surface area contributed by atoms with Crippen molar-refractivity contribution in [3.05, 3.63) is 34.5 Å². The quantitative estimate of drug-likeness (QED) is 0.810. The zero-order valence-electron chi connectivity index (χ0n) is 12.0. The fourth-order valence-electron chi connectivity index (χ4n) is 1.63. The van der Waals surface area contributed by atoms with Crippen LogP contribution in [0, 0.1) is 6.92 Å². The van der Waals surface area contributed by atoms with Gasteiger partial charge in [0, 0.05) is 4.88 Å². The Hall–Kier alpha value is -1.93. The molecule has 0 bridgehead atoms. The van der Waals surface area contributed by atoms with Crippen LogP contribution in [0.25, 0.3) is 0 Å². The molecule has 0 fully saturated rings. The molecule has 0 amide bonds. The van der Waals surface area contributed by atoms with Gasteiger partial charge in [-0.25, -0.2) is 14.8 Å². The molecule has 0 saturated heterocycles. The molecule has 8 heteroatoms. The number of carboxylic acid groups (broad SMARTS) is 1. The zero-order chi connectivity index (χ0) is 16.1. The number of hydrogen-bond acceptors (Lipinski definition) is 7. The molecule has 6 nitrogen and oxygen atoms in total. The number of hydrogen-bond donors (Lipinski definition) is 1. The summed E-state index contributed by atoms with van der Waals surface area (Å²) in [6.07, 6.45) is -0.0413. The number of aliphatic carboxylic acids is 1. The number of esters is 1. The van der Waals surface area contributed by atoms with Crippen LogP contribution in [0.15, 0.2) is 27.6 Å². The predicted octanol–water partition coefficient (Wildman–Crippen LogP) is 2.80. The number of nitrogens with zero attached hydrogens (tertiary/aromatic N) is 2. The number of aryl methyl sites for hydroxylation is 1. The van der Waals surface area contributed by atoms with Crippen LogP contribution < -0.4 is 0 Å². The van der Waals surface area contributed by atoms with E-state index >= 15 is 0 Å². The van der Waals surface area contributed by atoms with Gasteiger partial charge in [-0.05, 0) is 37.7 Å². The van der Waals surface area contributed by atoms with E-state index in [0.29, 0.717) is 21.7 Å². The molecule has 116 valence electrons. The van der Waals surface area contributed by atoms with E-state index in [1.165, 1.54) is 23.1 Å². The Morgan fingerprint density at radius 2 is 2.14 bits per heavy atom. The van der Waals surface area contributed by atoms with Crippen LogP contribution in [0.3, 0.4) is 0 Å². The smallest absolute Gasteiger partial charge is 0.356 e. The first-order valence-corrected chi connectivity index (χ1v) is 8.13. The van der Waals surface area contributed by atoms with E-state index in [-0.39, 0.29) is 12.1 Å². The first kappa shape index (κ1) is 16.4. The average molecular weight is 338 g/mol. The molecule has 0 atom stereocenters. The van der Waals surface area contributed by atoms with Crippen molar-refractivity contribution in [3.8, 4) is 0 Å². The highest BCUT2D eigenvalue weighted by molar-refractivity contribution is 8.01. The lowest BCUT2D eigenvalue weighted by molar-refractivity contribution is -0.136. The molecular weight excluding hydrogens is 324 g/mol. The maximum absolute atomic E-state index is 11.7. The molecule has 0 spiro atoms. The van der Waals surface area contributed by atoms with Gasteiger partial charge in [0.1, 0.15) is 10.7 Å². The van der Waals surface area contributed by atoms with Crippen molar-refractivity contribution in [2.24, 2.45) is 0 Å². The summed E-state index contributed by atoms with van der Waals surface area (Å²) < 4.78 is 5.61. The van der Waals surface area contributed by atoms with E-state index in [1.807, 2.05) is 0 Å².